The molecule has 0 unspecified atom stereocenters. The van der Waals surface area contributed by atoms with Gasteiger partial charge in [0, 0.05) is 21.9 Å². The average Bonchev–Trinajstić information content (AvgIpc) is 2.95. The number of H-pyrrole nitrogens is 1. The summed E-state index contributed by atoms with van der Waals surface area (Å²) in [6, 6.07) is 9.16. The van der Waals surface area contributed by atoms with Crippen molar-refractivity contribution in [2.45, 2.75) is 32.0 Å². The Morgan fingerprint density at radius 1 is 1.35 bits per heavy atom. The highest BCUT2D eigenvalue weighted by Gasteiger charge is 2.16. The van der Waals surface area contributed by atoms with Crippen LogP contribution < -0.4 is 10.9 Å². The number of aryl methyl sites for hydroxylation is 1. The van der Waals surface area contributed by atoms with Crippen molar-refractivity contribution in [3.8, 4) is 0 Å². The van der Waals surface area contributed by atoms with E-state index in [1.807, 2.05) is 51.1 Å². The fraction of sp³-hybridized carbons (Fsp3) is 0.278. The highest BCUT2D eigenvalue weighted by molar-refractivity contribution is 9.10. The minimum Gasteiger partial charge on any atom is -0.353 e. The van der Waals surface area contributed by atoms with Gasteiger partial charge in [0.2, 0.25) is 5.91 Å². The van der Waals surface area contributed by atoms with Crippen molar-refractivity contribution in [1.29, 1.82) is 0 Å². The maximum absolute atomic E-state index is 12.7. The number of nitrogens with one attached hydrogen (secondary N) is 2. The SMILES string of the molecule is Cc1cc2nc(SCC(=O)Nc3ccc(Br)cc3)n(C(C)C)c(=O)c2[nH]1. The zero-order chi connectivity index (χ0) is 18.8. The maximum Gasteiger partial charge on any atom is 0.278 e. The Labute approximate surface area is 163 Å². The van der Waals surface area contributed by atoms with E-state index in [1.54, 1.807) is 4.57 Å². The zero-order valence-corrected chi connectivity index (χ0v) is 17.1. The zero-order valence-electron chi connectivity index (χ0n) is 14.7. The van der Waals surface area contributed by atoms with E-state index in [-0.39, 0.29) is 23.3 Å². The Hall–Kier alpha value is -2.06. The smallest absolute Gasteiger partial charge is 0.278 e. The minimum absolute atomic E-state index is 0.0555. The third-order valence-electron chi connectivity index (χ3n) is 3.76. The van der Waals surface area contributed by atoms with Gasteiger partial charge >= 0.3 is 0 Å². The predicted octanol–water partition coefficient (Wildman–Crippen LogP) is 4.11. The van der Waals surface area contributed by atoms with E-state index < -0.39 is 0 Å². The summed E-state index contributed by atoms with van der Waals surface area (Å²) in [6.07, 6.45) is 0. The number of fused-ring (bicyclic) bond motifs is 1. The van der Waals surface area contributed by atoms with Crippen molar-refractivity contribution >= 4 is 50.3 Å². The van der Waals surface area contributed by atoms with E-state index in [4.69, 9.17) is 0 Å². The molecule has 26 heavy (non-hydrogen) atoms. The second-order valence-electron chi connectivity index (χ2n) is 6.22. The van der Waals surface area contributed by atoms with Crippen LogP contribution in [0.25, 0.3) is 11.0 Å². The van der Waals surface area contributed by atoms with Crippen LogP contribution in [0.4, 0.5) is 5.69 Å². The lowest BCUT2D eigenvalue weighted by molar-refractivity contribution is -0.113. The van der Waals surface area contributed by atoms with E-state index in [2.05, 4.69) is 31.2 Å². The summed E-state index contributed by atoms with van der Waals surface area (Å²) in [5.74, 6) is 0.0247. The molecule has 136 valence electrons. The molecule has 0 spiro atoms. The van der Waals surface area contributed by atoms with Crippen LogP contribution in [0, 0.1) is 6.92 Å². The molecule has 2 aromatic heterocycles. The average molecular weight is 435 g/mol. The van der Waals surface area contributed by atoms with Gasteiger partial charge < -0.3 is 10.3 Å². The first-order valence-electron chi connectivity index (χ1n) is 8.15. The van der Waals surface area contributed by atoms with Crippen LogP contribution >= 0.6 is 27.7 Å². The predicted molar refractivity (Wildman–Crippen MR) is 109 cm³/mol. The Kier molecular flexibility index (Phi) is 5.52. The van der Waals surface area contributed by atoms with Crippen LogP contribution in [-0.2, 0) is 4.79 Å². The van der Waals surface area contributed by atoms with Crippen molar-refractivity contribution < 1.29 is 4.79 Å². The number of hydrogen-bond acceptors (Lipinski definition) is 4. The van der Waals surface area contributed by atoms with Gasteiger partial charge in [0.1, 0.15) is 5.52 Å². The molecular formula is C18H19BrN4O2S. The normalized spacial score (nSPS) is 11.3. The first kappa shape index (κ1) is 18.7. The topological polar surface area (TPSA) is 79.8 Å². The van der Waals surface area contributed by atoms with E-state index in [1.165, 1.54) is 11.8 Å². The quantitative estimate of drug-likeness (QED) is 0.467. The number of thioether (sulfide) groups is 1. The molecule has 1 amide bonds. The van der Waals surface area contributed by atoms with E-state index in [0.717, 1.165) is 15.9 Å². The van der Waals surface area contributed by atoms with E-state index in [0.29, 0.717) is 16.2 Å². The molecule has 2 N–H and O–H groups in total. The van der Waals surface area contributed by atoms with Crippen LogP contribution in [0.2, 0.25) is 0 Å². The van der Waals surface area contributed by atoms with Crippen molar-refractivity contribution in [2.75, 3.05) is 11.1 Å². The maximum atomic E-state index is 12.7. The Morgan fingerprint density at radius 2 is 2.04 bits per heavy atom. The van der Waals surface area contributed by atoms with E-state index in [9.17, 15) is 9.59 Å². The second-order valence-corrected chi connectivity index (χ2v) is 8.08. The van der Waals surface area contributed by atoms with Crippen LogP contribution in [0.5, 0.6) is 0 Å². The number of amides is 1. The number of hydrogen-bond donors (Lipinski definition) is 2. The van der Waals surface area contributed by atoms with Gasteiger partial charge in [0.25, 0.3) is 5.56 Å². The number of aromatic amines is 1. The van der Waals surface area contributed by atoms with Gasteiger partial charge in [0.05, 0.1) is 11.3 Å². The monoisotopic (exact) mass is 434 g/mol. The van der Waals surface area contributed by atoms with Gasteiger partial charge in [0.15, 0.2) is 5.16 Å². The number of anilines is 1. The van der Waals surface area contributed by atoms with Gasteiger partial charge in [-0.25, -0.2) is 4.98 Å². The van der Waals surface area contributed by atoms with Gasteiger partial charge in [-0.05, 0) is 51.1 Å². The summed E-state index contributed by atoms with van der Waals surface area (Å²) in [4.78, 5) is 32.6. The number of rotatable bonds is 5. The molecule has 8 heteroatoms. The van der Waals surface area contributed by atoms with Gasteiger partial charge in [-0.2, -0.15) is 0 Å². The van der Waals surface area contributed by atoms with Crippen molar-refractivity contribution in [3.63, 3.8) is 0 Å². The molecule has 0 fully saturated rings. The van der Waals surface area contributed by atoms with Crippen molar-refractivity contribution in [1.82, 2.24) is 14.5 Å². The lowest BCUT2D eigenvalue weighted by Crippen LogP contribution is -2.25. The van der Waals surface area contributed by atoms with Crippen LogP contribution in [-0.4, -0.2) is 26.2 Å². The lowest BCUT2D eigenvalue weighted by Gasteiger charge is -2.15. The molecule has 0 aliphatic heterocycles. The third-order valence-corrected chi connectivity index (χ3v) is 5.24. The third kappa shape index (κ3) is 4.02. The standard InChI is InChI=1S/C18H19BrN4O2S/c1-10(2)23-17(25)16-14(8-11(3)20-16)22-18(23)26-9-15(24)21-13-6-4-12(19)5-7-13/h4-8,10,20H,9H2,1-3H3,(H,21,24). The van der Waals surface area contributed by atoms with E-state index >= 15 is 0 Å². The fourth-order valence-electron chi connectivity index (χ4n) is 2.61. The molecule has 1 aromatic carbocycles. The summed E-state index contributed by atoms with van der Waals surface area (Å²) < 4.78 is 2.57. The van der Waals surface area contributed by atoms with Crippen molar-refractivity contribution in [3.05, 3.63) is 50.9 Å². The molecule has 3 aromatic rings. The molecule has 3 rings (SSSR count). The highest BCUT2D eigenvalue weighted by atomic mass is 79.9. The number of aromatic nitrogens is 3. The van der Waals surface area contributed by atoms with Gasteiger partial charge in [-0.3, -0.25) is 14.2 Å². The van der Waals surface area contributed by atoms with Crippen LogP contribution in [0.3, 0.4) is 0 Å². The number of carbonyl (C=O) groups is 1. The molecule has 6 nitrogen and oxygen atoms in total. The minimum atomic E-state index is -0.146. The number of halogens is 1. The Morgan fingerprint density at radius 3 is 2.69 bits per heavy atom. The molecule has 0 bridgehead atoms. The fourth-order valence-corrected chi connectivity index (χ4v) is 3.80. The second kappa shape index (κ2) is 7.67. The molecule has 0 saturated heterocycles. The highest BCUT2D eigenvalue weighted by Crippen LogP contribution is 2.22. The summed E-state index contributed by atoms with van der Waals surface area (Å²) in [5.41, 5.74) is 2.62. The number of nitrogens with zero attached hydrogens (tertiary/aromatic N) is 2. The largest absolute Gasteiger partial charge is 0.353 e. The Balaban J connectivity index is 1.81. The number of benzene rings is 1. The molecule has 2 heterocycles. The molecule has 0 aliphatic carbocycles. The summed E-state index contributed by atoms with van der Waals surface area (Å²) in [5, 5.41) is 3.39. The Bertz CT molecular complexity index is 1010. The molecule has 0 saturated carbocycles. The first-order valence-corrected chi connectivity index (χ1v) is 9.93. The van der Waals surface area contributed by atoms with Gasteiger partial charge in [-0.15, -0.1) is 0 Å². The molecular weight excluding hydrogens is 416 g/mol. The van der Waals surface area contributed by atoms with Gasteiger partial charge in [-0.1, -0.05) is 27.7 Å². The molecule has 0 atom stereocenters. The van der Waals surface area contributed by atoms with Crippen LogP contribution in [0.1, 0.15) is 25.6 Å². The summed E-state index contributed by atoms with van der Waals surface area (Å²) in [6.45, 7) is 5.74. The summed E-state index contributed by atoms with van der Waals surface area (Å²) >= 11 is 4.62. The lowest BCUT2D eigenvalue weighted by atomic mass is 10.3. The molecule has 0 radical (unpaired) electrons. The molecule has 0 aliphatic rings. The van der Waals surface area contributed by atoms with Crippen molar-refractivity contribution in [2.24, 2.45) is 0 Å². The number of carbonyl (C=O) groups excluding carboxylic acids is 1. The van der Waals surface area contributed by atoms with Crippen LogP contribution in [0.15, 0.2) is 44.8 Å². The first-order chi connectivity index (χ1) is 12.3. The summed E-state index contributed by atoms with van der Waals surface area (Å²) in [7, 11) is 0.